The second-order valence-electron chi connectivity index (χ2n) is 13.8. The van der Waals surface area contributed by atoms with E-state index in [9.17, 15) is 42.3 Å². The number of likely N-dealkylation sites (tertiary alicyclic amines) is 1. The number of hydrogen-bond acceptors (Lipinski definition) is 6. The van der Waals surface area contributed by atoms with Crippen molar-refractivity contribution in [2.45, 2.75) is 89.3 Å². The van der Waals surface area contributed by atoms with Gasteiger partial charge < -0.3 is 31.3 Å². The number of carbonyl (C=O) groups is 5. The van der Waals surface area contributed by atoms with E-state index < -0.39 is 65.4 Å². The largest absolute Gasteiger partial charge is 0.471 e. The fourth-order valence-electron chi connectivity index (χ4n) is 7.22. The monoisotopic (exact) mass is 611 g/mol. The number of hydrogen-bond donors (Lipinski definition) is 5. The molecule has 4 fully saturated rings. The molecule has 5 amide bonds. The fourth-order valence-corrected chi connectivity index (χ4v) is 7.22. The van der Waals surface area contributed by atoms with Crippen molar-refractivity contribution in [1.29, 1.82) is 0 Å². The van der Waals surface area contributed by atoms with Gasteiger partial charge >= 0.3 is 12.1 Å². The van der Waals surface area contributed by atoms with Gasteiger partial charge in [0.2, 0.25) is 17.7 Å². The molecule has 14 heteroatoms. The molecule has 0 aromatic rings. The highest BCUT2D eigenvalue weighted by atomic mass is 19.4. The highest BCUT2D eigenvalue weighted by molar-refractivity contribution is 5.95. The number of rotatable bonds is 9. The van der Waals surface area contributed by atoms with Crippen LogP contribution in [0.2, 0.25) is 0 Å². The van der Waals surface area contributed by atoms with Gasteiger partial charge in [0.15, 0.2) is 6.10 Å². The molecule has 0 radical (unpaired) electrons. The fraction of sp³-hybridized carbons (Fsp3) is 0.759. The lowest BCUT2D eigenvalue weighted by Gasteiger charge is -2.37. The Hall–Kier alpha value is -3.16. The number of amides is 5. The van der Waals surface area contributed by atoms with Crippen molar-refractivity contribution >= 4 is 29.5 Å². The Bertz CT molecular complexity index is 1200. The molecular formula is C29H40F3N5O6. The molecule has 2 heterocycles. The summed E-state index contributed by atoms with van der Waals surface area (Å²) in [6, 6.07) is -3.88. The molecule has 238 valence electrons. The Morgan fingerprint density at radius 1 is 1.07 bits per heavy atom. The number of allylic oxidation sites excluding steroid dienone is 2. The average Bonchev–Trinajstić information content (AvgIpc) is 3.26. The summed E-state index contributed by atoms with van der Waals surface area (Å²) < 4.78 is 39.6. The third-order valence-electron chi connectivity index (χ3n) is 9.60. The van der Waals surface area contributed by atoms with Crippen molar-refractivity contribution in [3.8, 4) is 0 Å². The molecule has 2 saturated heterocycles. The molecule has 0 aromatic carbocycles. The highest BCUT2D eigenvalue weighted by Crippen LogP contribution is 2.54. The lowest BCUT2D eigenvalue weighted by Crippen LogP contribution is -2.61. The second-order valence-corrected chi connectivity index (χ2v) is 13.8. The van der Waals surface area contributed by atoms with Gasteiger partial charge in [-0.3, -0.25) is 24.0 Å². The van der Waals surface area contributed by atoms with Gasteiger partial charge in [-0.2, -0.15) is 13.2 Å². The van der Waals surface area contributed by atoms with Crippen molar-refractivity contribution in [1.82, 2.24) is 26.2 Å². The summed E-state index contributed by atoms with van der Waals surface area (Å²) in [7, 11) is 0. The highest BCUT2D eigenvalue weighted by Gasteiger charge is 2.59. The average molecular weight is 612 g/mol. The smallest absolute Gasteiger partial charge is 0.381 e. The summed E-state index contributed by atoms with van der Waals surface area (Å²) in [6.45, 7) is 5.13. The zero-order valence-corrected chi connectivity index (χ0v) is 24.4. The van der Waals surface area contributed by atoms with Crippen LogP contribution in [0.3, 0.4) is 0 Å². The van der Waals surface area contributed by atoms with Crippen LogP contribution in [0.15, 0.2) is 12.2 Å². The van der Waals surface area contributed by atoms with E-state index in [0.29, 0.717) is 13.0 Å². The van der Waals surface area contributed by atoms with Gasteiger partial charge in [0.05, 0.1) is 6.04 Å². The first-order valence-electron chi connectivity index (χ1n) is 15.0. The van der Waals surface area contributed by atoms with Crippen molar-refractivity contribution in [3.63, 3.8) is 0 Å². The van der Waals surface area contributed by atoms with E-state index in [2.05, 4.69) is 16.0 Å². The molecule has 5 N–H and O–H groups in total. The Morgan fingerprint density at radius 2 is 1.74 bits per heavy atom. The molecule has 3 aliphatic carbocycles. The van der Waals surface area contributed by atoms with Crippen LogP contribution < -0.4 is 21.3 Å². The van der Waals surface area contributed by atoms with Crippen LogP contribution in [0, 0.1) is 35.0 Å². The Balaban J connectivity index is 1.42. The van der Waals surface area contributed by atoms with E-state index in [1.165, 1.54) is 25.7 Å². The maximum absolute atomic E-state index is 14.1. The minimum Gasteiger partial charge on any atom is -0.381 e. The maximum Gasteiger partial charge on any atom is 0.471 e. The molecule has 5 aliphatic rings. The van der Waals surface area contributed by atoms with Gasteiger partial charge in [0.25, 0.3) is 5.91 Å². The van der Waals surface area contributed by atoms with Crippen molar-refractivity contribution in [2.75, 3.05) is 13.1 Å². The number of nitrogens with zero attached hydrogens (tertiary/aromatic N) is 1. The van der Waals surface area contributed by atoms with Gasteiger partial charge in [-0.1, -0.05) is 32.9 Å². The van der Waals surface area contributed by atoms with Crippen LogP contribution in [0.25, 0.3) is 0 Å². The summed E-state index contributed by atoms with van der Waals surface area (Å²) in [5.41, 5.74) is -1.12. The van der Waals surface area contributed by atoms with Crippen LogP contribution in [0.4, 0.5) is 13.2 Å². The topological polar surface area (TPSA) is 157 Å². The van der Waals surface area contributed by atoms with Crippen LogP contribution in [0.1, 0.15) is 52.9 Å². The molecule has 1 unspecified atom stereocenters. The Morgan fingerprint density at radius 3 is 2.33 bits per heavy atom. The van der Waals surface area contributed by atoms with Crippen LogP contribution >= 0.6 is 0 Å². The Kier molecular flexibility index (Phi) is 8.29. The molecule has 5 rings (SSSR count). The molecular weight excluding hydrogens is 571 g/mol. The Labute approximate surface area is 247 Å². The molecule has 9 atom stereocenters. The molecule has 2 saturated carbocycles. The third kappa shape index (κ3) is 6.39. The van der Waals surface area contributed by atoms with Crippen molar-refractivity contribution in [2.24, 2.45) is 35.0 Å². The van der Waals surface area contributed by atoms with Gasteiger partial charge in [0.1, 0.15) is 12.1 Å². The van der Waals surface area contributed by atoms with Gasteiger partial charge in [-0.05, 0) is 61.2 Å². The summed E-state index contributed by atoms with van der Waals surface area (Å²) in [6.07, 6.45) is -0.0511. The standard InChI is InChI=1S/C29H40F3N5O6/c1-28(2,3)22(36-27(43)29(30,31)32)26(42)37-12-17-13-4-5-14(10-13)19(17)20(37)24(40)35-18(11-15-8-9-33-23(15)39)21(38)25(41)34-16-6-7-16/h4-5,13-22,38H,6-12H2,1-3H3,(H,33,39)(H,34,41)(H,35,40)(H,36,43)/t13-,14+,15+,17-,18+,19+,20+,21?,22-/m1/s1. The van der Waals surface area contributed by atoms with E-state index >= 15 is 0 Å². The normalized spacial score (nSPS) is 31.7. The molecule has 0 spiro atoms. The zero-order chi connectivity index (χ0) is 31.4. The number of aliphatic hydroxyl groups is 1. The van der Waals surface area contributed by atoms with E-state index in [0.717, 1.165) is 19.3 Å². The SMILES string of the molecule is CC(C)(C)[C@H](NC(=O)C(F)(F)F)C(=O)N1C[C@H]2[C@@H]([C@H]1C(=O)N[C@@H](C[C@@H]1CCNC1=O)C(O)C(=O)NC1CC1)[C@H]1C=C[C@@H]2C1. The summed E-state index contributed by atoms with van der Waals surface area (Å²) in [5.74, 6) is -5.57. The zero-order valence-electron chi connectivity index (χ0n) is 24.4. The quantitative estimate of drug-likeness (QED) is 0.237. The third-order valence-corrected chi connectivity index (χ3v) is 9.60. The lowest BCUT2D eigenvalue weighted by atomic mass is 9.81. The van der Waals surface area contributed by atoms with Crippen LogP contribution in [-0.2, 0) is 24.0 Å². The first-order chi connectivity index (χ1) is 20.1. The molecule has 2 aliphatic heterocycles. The predicted molar refractivity (Wildman–Crippen MR) is 145 cm³/mol. The van der Waals surface area contributed by atoms with Crippen LogP contribution in [-0.4, -0.2) is 89.1 Å². The summed E-state index contributed by atoms with van der Waals surface area (Å²) in [4.78, 5) is 66.5. The minimum atomic E-state index is -5.21. The van der Waals surface area contributed by atoms with E-state index in [-0.39, 0.29) is 48.6 Å². The molecule has 2 bridgehead atoms. The van der Waals surface area contributed by atoms with E-state index in [1.807, 2.05) is 17.5 Å². The lowest BCUT2D eigenvalue weighted by molar-refractivity contribution is -0.176. The molecule has 0 aromatic heterocycles. The number of carbonyl (C=O) groups excluding carboxylic acids is 5. The van der Waals surface area contributed by atoms with E-state index in [1.54, 1.807) is 0 Å². The number of aliphatic hydroxyl groups excluding tert-OH is 1. The van der Waals surface area contributed by atoms with Crippen molar-refractivity contribution in [3.05, 3.63) is 12.2 Å². The van der Waals surface area contributed by atoms with E-state index in [4.69, 9.17) is 0 Å². The molecule has 43 heavy (non-hydrogen) atoms. The number of halogens is 3. The first kappa shape index (κ1) is 31.3. The second kappa shape index (κ2) is 11.4. The van der Waals surface area contributed by atoms with Gasteiger partial charge in [-0.15, -0.1) is 0 Å². The first-order valence-corrected chi connectivity index (χ1v) is 15.0. The molecule has 11 nitrogen and oxygen atoms in total. The maximum atomic E-state index is 14.1. The number of nitrogens with one attached hydrogen (secondary N) is 4. The van der Waals surface area contributed by atoms with Crippen LogP contribution in [0.5, 0.6) is 0 Å². The summed E-state index contributed by atoms with van der Waals surface area (Å²) in [5, 5.41) is 21.1. The van der Waals surface area contributed by atoms with Gasteiger partial charge in [0, 0.05) is 25.0 Å². The van der Waals surface area contributed by atoms with Crippen molar-refractivity contribution < 1.29 is 42.3 Å². The number of fused-ring (bicyclic) bond motifs is 5. The number of alkyl halides is 3. The van der Waals surface area contributed by atoms with Gasteiger partial charge in [-0.25, -0.2) is 0 Å². The minimum absolute atomic E-state index is 0.0101. The summed E-state index contributed by atoms with van der Waals surface area (Å²) >= 11 is 0. The predicted octanol–water partition coefficient (Wildman–Crippen LogP) is 0.379.